The SMILES string of the molecule is C=Cc1cc(C(=O)O)c(=O)n(CC(F)(F)F)c1. The minimum atomic E-state index is -4.60. The first-order valence-corrected chi connectivity index (χ1v) is 4.41. The number of hydrogen-bond acceptors (Lipinski definition) is 2. The number of carbonyl (C=O) groups is 1. The maximum absolute atomic E-state index is 12.2. The van der Waals surface area contributed by atoms with E-state index in [1.54, 1.807) is 0 Å². The highest BCUT2D eigenvalue weighted by atomic mass is 19.4. The molecule has 7 heteroatoms. The predicted molar refractivity (Wildman–Crippen MR) is 53.8 cm³/mol. The van der Waals surface area contributed by atoms with Crippen molar-refractivity contribution in [1.29, 1.82) is 0 Å². The van der Waals surface area contributed by atoms with E-state index in [-0.39, 0.29) is 5.56 Å². The Morgan fingerprint density at radius 3 is 2.53 bits per heavy atom. The lowest BCUT2D eigenvalue weighted by Gasteiger charge is -2.10. The number of rotatable bonds is 3. The van der Waals surface area contributed by atoms with Gasteiger partial charge in [0.15, 0.2) is 0 Å². The Balaban J connectivity index is 3.39. The van der Waals surface area contributed by atoms with E-state index < -0.39 is 29.8 Å². The molecule has 1 heterocycles. The second kappa shape index (κ2) is 4.44. The second-order valence-corrected chi connectivity index (χ2v) is 3.24. The molecule has 0 saturated carbocycles. The van der Waals surface area contributed by atoms with E-state index >= 15 is 0 Å². The zero-order chi connectivity index (χ0) is 13.2. The average Bonchev–Trinajstić information content (AvgIpc) is 2.18. The van der Waals surface area contributed by atoms with Gasteiger partial charge in [-0.1, -0.05) is 12.7 Å². The lowest BCUT2D eigenvalue weighted by Crippen LogP contribution is -2.31. The molecule has 0 unspecified atom stereocenters. The largest absolute Gasteiger partial charge is 0.477 e. The van der Waals surface area contributed by atoms with Crippen molar-refractivity contribution in [1.82, 2.24) is 4.57 Å². The fourth-order valence-electron chi connectivity index (χ4n) is 1.23. The Kier molecular flexibility index (Phi) is 3.40. The van der Waals surface area contributed by atoms with E-state index in [2.05, 4.69) is 6.58 Å². The van der Waals surface area contributed by atoms with Crippen LogP contribution >= 0.6 is 0 Å². The Bertz CT molecular complexity index is 517. The molecule has 0 fully saturated rings. The average molecular weight is 247 g/mol. The van der Waals surface area contributed by atoms with Crippen molar-refractivity contribution >= 4 is 12.0 Å². The molecule has 0 atom stereocenters. The van der Waals surface area contributed by atoms with E-state index in [0.717, 1.165) is 12.3 Å². The first-order chi connectivity index (χ1) is 7.74. The number of aromatic carboxylic acids is 1. The number of aromatic nitrogens is 1. The van der Waals surface area contributed by atoms with Crippen molar-refractivity contribution in [3.05, 3.63) is 40.3 Å². The molecule has 0 amide bonds. The lowest BCUT2D eigenvalue weighted by molar-refractivity contribution is -0.141. The number of carboxylic acid groups (broad SMARTS) is 1. The molecule has 17 heavy (non-hydrogen) atoms. The first kappa shape index (κ1) is 13.0. The number of carboxylic acids is 1. The van der Waals surface area contributed by atoms with E-state index in [0.29, 0.717) is 4.57 Å². The highest BCUT2D eigenvalue weighted by molar-refractivity contribution is 5.87. The molecule has 0 aliphatic rings. The molecule has 0 aliphatic heterocycles. The molecular weight excluding hydrogens is 239 g/mol. The molecule has 1 aromatic rings. The molecule has 0 spiro atoms. The predicted octanol–water partition coefficient (Wildman–Crippen LogP) is 1.75. The van der Waals surface area contributed by atoms with Crippen molar-refractivity contribution in [3.8, 4) is 0 Å². The molecule has 0 aliphatic carbocycles. The van der Waals surface area contributed by atoms with E-state index in [1.807, 2.05) is 0 Å². The zero-order valence-electron chi connectivity index (χ0n) is 8.49. The third-order valence-corrected chi connectivity index (χ3v) is 1.92. The monoisotopic (exact) mass is 247 g/mol. The number of halogens is 3. The summed E-state index contributed by atoms with van der Waals surface area (Å²) < 4.78 is 36.8. The topological polar surface area (TPSA) is 59.3 Å². The molecule has 0 radical (unpaired) electrons. The summed E-state index contributed by atoms with van der Waals surface area (Å²) in [6.07, 6.45) is -2.52. The van der Waals surface area contributed by atoms with Crippen molar-refractivity contribution in [2.24, 2.45) is 0 Å². The van der Waals surface area contributed by atoms with Crippen LogP contribution in [0.15, 0.2) is 23.6 Å². The van der Waals surface area contributed by atoms with Crippen molar-refractivity contribution in [2.45, 2.75) is 12.7 Å². The van der Waals surface area contributed by atoms with E-state index in [4.69, 9.17) is 5.11 Å². The summed E-state index contributed by atoms with van der Waals surface area (Å²) in [7, 11) is 0. The highest BCUT2D eigenvalue weighted by Crippen LogP contribution is 2.17. The zero-order valence-corrected chi connectivity index (χ0v) is 8.49. The van der Waals surface area contributed by atoms with Gasteiger partial charge in [0.05, 0.1) is 0 Å². The lowest BCUT2D eigenvalue weighted by atomic mass is 10.2. The summed E-state index contributed by atoms with van der Waals surface area (Å²) in [5, 5.41) is 8.68. The van der Waals surface area contributed by atoms with Gasteiger partial charge >= 0.3 is 12.1 Å². The van der Waals surface area contributed by atoms with Gasteiger partial charge in [0.1, 0.15) is 12.1 Å². The number of pyridine rings is 1. The van der Waals surface area contributed by atoms with Crippen LogP contribution in [-0.4, -0.2) is 21.8 Å². The van der Waals surface area contributed by atoms with Crippen molar-refractivity contribution < 1.29 is 23.1 Å². The van der Waals surface area contributed by atoms with Crippen LogP contribution in [0.3, 0.4) is 0 Å². The van der Waals surface area contributed by atoms with Crippen LogP contribution in [-0.2, 0) is 6.54 Å². The summed E-state index contributed by atoms with van der Waals surface area (Å²) in [6, 6.07) is 0.977. The molecule has 0 aromatic carbocycles. The molecule has 92 valence electrons. The summed E-state index contributed by atoms with van der Waals surface area (Å²) >= 11 is 0. The van der Waals surface area contributed by atoms with E-state index in [9.17, 15) is 22.8 Å². The third-order valence-electron chi connectivity index (χ3n) is 1.92. The minimum Gasteiger partial charge on any atom is -0.477 e. The van der Waals surface area contributed by atoms with Crippen LogP contribution in [0.25, 0.3) is 6.08 Å². The third kappa shape index (κ3) is 3.20. The smallest absolute Gasteiger partial charge is 0.406 e. The maximum Gasteiger partial charge on any atom is 0.406 e. The van der Waals surface area contributed by atoms with Gasteiger partial charge in [0.2, 0.25) is 0 Å². The maximum atomic E-state index is 12.2. The van der Waals surface area contributed by atoms with Crippen LogP contribution in [0.5, 0.6) is 0 Å². The highest BCUT2D eigenvalue weighted by Gasteiger charge is 2.29. The van der Waals surface area contributed by atoms with Crippen LogP contribution in [0.1, 0.15) is 15.9 Å². The summed E-state index contributed by atoms with van der Waals surface area (Å²) in [5.41, 5.74) is -1.78. The molecule has 1 N–H and O–H groups in total. The van der Waals surface area contributed by atoms with Gasteiger partial charge in [0, 0.05) is 6.20 Å². The number of hydrogen-bond donors (Lipinski definition) is 1. The van der Waals surface area contributed by atoms with Gasteiger partial charge in [-0.2, -0.15) is 13.2 Å². The van der Waals surface area contributed by atoms with Crippen LogP contribution in [0.4, 0.5) is 13.2 Å². The van der Waals surface area contributed by atoms with Gasteiger partial charge in [-0.15, -0.1) is 0 Å². The Hall–Kier alpha value is -2.05. The summed E-state index contributed by atoms with van der Waals surface area (Å²) in [5.74, 6) is -1.57. The fraction of sp³-hybridized carbons (Fsp3) is 0.200. The van der Waals surface area contributed by atoms with E-state index in [1.165, 1.54) is 6.08 Å². The van der Waals surface area contributed by atoms with Gasteiger partial charge in [-0.3, -0.25) is 4.79 Å². The molecule has 0 bridgehead atoms. The first-order valence-electron chi connectivity index (χ1n) is 4.41. The molecular formula is C10H8F3NO3. The Morgan fingerprint density at radius 2 is 2.12 bits per heavy atom. The summed E-state index contributed by atoms with van der Waals surface area (Å²) in [6.45, 7) is 1.78. The van der Waals surface area contributed by atoms with Crippen molar-refractivity contribution in [2.75, 3.05) is 0 Å². The Morgan fingerprint density at radius 1 is 1.53 bits per heavy atom. The number of nitrogens with zero attached hydrogens (tertiary/aromatic N) is 1. The van der Waals surface area contributed by atoms with Gasteiger partial charge < -0.3 is 9.67 Å². The van der Waals surface area contributed by atoms with Crippen LogP contribution < -0.4 is 5.56 Å². The summed E-state index contributed by atoms with van der Waals surface area (Å²) in [4.78, 5) is 22.1. The standard InChI is InChI=1S/C10H8F3NO3/c1-2-6-3-7(9(16)17)8(15)14(4-6)5-10(11,12)13/h2-4H,1,5H2,(H,16,17). The molecule has 1 rings (SSSR count). The Labute approximate surface area is 93.6 Å². The van der Waals surface area contributed by atoms with Crippen LogP contribution in [0.2, 0.25) is 0 Å². The van der Waals surface area contributed by atoms with Gasteiger partial charge in [-0.25, -0.2) is 4.79 Å². The van der Waals surface area contributed by atoms with Gasteiger partial charge in [-0.05, 0) is 11.6 Å². The van der Waals surface area contributed by atoms with Crippen molar-refractivity contribution in [3.63, 3.8) is 0 Å². The molecule has 0 saturated heterocycles. The quantitative estimate of drug-likeness (QED) is 0.885. The second-order valence-electron chi connectivity index (χ2n) is 3.24. The number of alkyl halides is 3. The fourth-order valence-corrected chi connectivity index (χ4v) is 1.23. The molecule has 4 nitrogen and oxygen atoms in total. The minimum absolute atomic E-state index is 0.131. The van der Waals surface area contributed by atoms with Gasteiger partial charge in [0.25, 0.3) is 5.56 Å². The molecule has 1 aromatic heterocycles. The van der Waals surface area contributed by atoms with Crippen LogP contribution in [0, 0.1) is 0 Å². The normalized spacial score (nSPS) is 11.2.